The normalized spacial score (nSPS) is 14.4. The molecule has 0 radical (unpaired) electrons. The van der Waals surface area contributed by atoms with Gasteiger partial charge in [-0.05, 0) is 6.42 Å². The van der Waals surface area contributed by atoms with Gasteiger partial charge in [-0.15, -0.1) is 0 Å². The highest BCUT2D eigenvalue weighted by atomic mass is 19.4. The lowest BCUT2D eigenvalue weighted by Crippen LogP contribution is -2.60. The maximum absolute atomic E-state index is 13.0. The fourth-order valence-corrected chi connectivity index (χ4v) is 1.20. The largest absolute Gasteiger partial charge is 0.465 e. The van der Waals surface area contributed by atoms with Gasteiger partial charge in [0.2, 0.25) is 0 Å². The standard InChI is InChI=1S/C11H13F9O2/c1-6(2)7(21)22-5-3-4-8(12,13)9(14,15)10(16,17)11(18,19)20/h6H,3-5H2,1-2H3. The molecule has 0 aromatic rings. The summed E-state index contributed by atoms with van der Waals surface area (Å²) in [6.45, 7) is 1.96. The summed E-state index contributed by atoms with van der Waals surface area (Å²) in [5, 5.41) is 0. The van der Waals surface area contributed by atoms with Crippen molar-refractivity contribution in [2.75, 3.05) is 6.61 Å². The van der Waals surface area contributed by atoms with Crippen LogP contribution in [0.4, 0.5) is 39.5 Å². The van der Waals surface area contributed by atoms with Gasteiger partial charge in [0.05, 0.1) is 12.5 Å². The van der Waals surface area contributed by atoms with E-state index in [-0.39, 0.29) is 0 Å². The van der Waals surface area contributed by atoms with Crippen molar-refractivity contribution in [3.8, 4) is 0 Å². The van der Waals surface area contributed by atoms with Gasteiger partial charge >= 0.3 is 29.9 Å². The van der Waals surface area contributed by atoms with Crippen molar-refractivity contribution in [1.82, 2.24) is 0 Å². The molecule has 0 aromatic carbocycles. The minimum absolute atomic E-state index is 0.642. The van der Waals surface area contributed by atoms with Crippen molar-refractivity contribution in [3.05, 3.63) is 0 Å². The Hall–Kier alpha value is -1.16. The van der Waals surface area contributed by atoms with Gasteiger partial charge in [0.15, 0.2) is 0 Å². The summed E-state index contributed by atoms with van der Waals surface area (Å²) in [5.74, 6) is -20.6. The molecule has 0 aliphatic heterocycles. The summed E-state index contributed by atoms with van der Waals surface area (Å²) in [6.07, 6.45) is -9.84. The molecule has 11 heteroatoms. The molecule has 0 saturated carbocycles. The first-order chi connectivity index (χ1) is 9.58. The topological polar surface area (TPSA) is 26.3 Å². The van der Waals surface area contributed by atoms with Crippen molar-refractivity contribution in [2.45, 2.75) is 50.6 Å². The summed E-state index contributed by atoms with van der Waals surface area (Å²) in [4.78, 5) is 10.9. The number of alkyl halides is 9. The van der Waals surface area contributed by atoms with Gasteiger partial charge in [0.25, 0.3) is 0 Å². The third kappa shape index (κ3) is 4.19. The van der Waals surface area contributed by atoms with Gasteiger partial charge in [-0.1, -0.05) is 13.8 Å². The lowest BCUT2D eigenvalue weighted by molar-refractivity contribution is -0.396. The van der Waals surface area contributed by atoms with Crippen molar-refractivity contribution in [2.24, 2.45) is 5.92 Å². The van der Waals surface area contributed by atoms with E-state index in [1.807, 2.05) is 0 Å². The molecule has 0 saturated heterocycles. The molecule has 0 aliphatic rings. The molecule has 0 spiro atoms. The molecule has 0 rings (SSSR count). The van der Waals surface area contributed by atoms with Crippen LogP contribution in [0.1, 0.15) is 26.7 Å². The molecule has 2 nitrogen and oxygen atoms in total. The summed E-state index contributed by atoms with van der Waals surface area (Å²) in [6, 6.07) is 0. The highest BCUT2D eigenvalue weighted by Gasteiger charge is 2.81. The van der Waals surface area contributed by atoms with Crippen molar-refractivity contribution < 1.29 is 49.0 Å². The number of ether oxygens (including phenoxy) is 1. The van der Waals surface area contributed by atoms with Gasteiger partial charge in [-0.2, -0.15) is 39.5 Å². The molecule has 0 fully saturated rings. The third-order valence-electron chi connectivity index (χ3n) is 2.56. The zero-order valence-corrected chi connectivity index (χ0v) is 11.4. The molecule has 132 valence electrons. The molecule has 0 unspecified atom stereocenters. The Morgan fingerprint density at radius 2 is 1.36 bits per heavy atom. The van der Waals surface area contributed by atoms with Crippen LogP contribution in [0.3, 0.4) is 0 Å². The number of esters is 1. The van der Waals surface area contributed by atoms with Gasteiger partial charge < -0.3 is 4.74 Å². The van der Waals surface area contributed by atoms with Gasteiger partial charge in [-0.3, -0.25) is 4.79 Å². The van der Waals surface area contributed by atoms with Crippen molar-refractivity contribution in [3.63, 3.8) is 0 Å². The highest BCUT2D eigenvalue weighted by molar-refractivity contribution is 5.71. The van der Waals surface area contributed by atoms with E-state index in [1.54, 1.807) is 0 Å². The van der Waals surface area contributed by atoms with E-state index in [0.717, 1.165) is 0 Å². The SMILES string of the molecule is CC(C)C(=O)OCCCC(F)(F)C(F)(F)C(F)(F)C(F)(F)F. The maximum Gasteiger partial charge on any atom is 0.460 e. The van der Waals surface area contributed by atoms with E-state index in [9.17, 15) is 44.3 Å². The Bertz CT molecular complexity index is 388. The second-order valence-electron chi connectivity index (χ2n) is 4.78. The molecule has 0 heterocycles. The molecule has 0 N–H and O–H groups in total. The average molecular weight is 348 g/mol. The first-order valence-corrected chi connectivity index (χ1v) is 5.94. The van der Waals surface area contributed by atoms with E-state index in [4.69, 9.17) is 0 Å². The zero-order chi connectivity index (χ0) is 18.0. The van der Waals surface area contributed by atoms with Crippen LogP contribution >= 0.6 is 0 Å². The molecule has 0 amide bonds. The molecule has 0 atom stereocenters. The smallest absolute Gasteiger partial charge is 0.460 e. The Morgan fingerprint density at radius 1 is 0.909 bits per heavy atom. The summed E-state index contributed by atoms with van der Waals surface area (Å²) < 4.78 is 117. The minimum atomic E-state index is -6.89. The van der Waals surface area contributed by atoms with E-state index in [0.29, 0.717) is 0 Å². The monoisotopic (exact) mass is 348 g/mol. The number of halogens is 9. The van der Waals surface area contributed by atoms with Crippen LogP contribution in [-0.2, 0) is 9.53 Å². The lowest BCUT2D eigenvalue weighted by Gasteiger charge is -2.33. The molecule has 0 aromatic heterocycles. The maximum atomic E-state index is 13.0. The number of carbonyl (C=O) groups is 1. The van der Waals surface area contributed by atoms with Crippen LogP contribution in [-0.4, -0.2) is 36.5 Å². The average Bonchev–Trinajstić information content (AvgIpc) is 2.32. The number of hydrogen-bond acceptors (Lipinski definition) is 2. The van der Waals surface area contributed by atoms with Gasteiger partial charge in [0, 0.05) is 6.42 Å². The third-order valence-corrected chi connectivity index (χ3v) is 2.56. The predicted molar refractivity (Wildman–Crippen MR) is 55.9 cm³/mol. The lowest BCUT2D eigenvalue weighted by atomic mass is 10.00. The second-order valence-corrected chi connectivity index (χ2v) is 4.78. The van der Waals surface area contributed by atoms with Crippen molar-refractivity contribution >= 4 is 5.97 Å². The molecule has 0 aliphatic carbocycles. The van der Waals surface area contributed by atoms with Crippen LogP contribution in [0.5, 0.6) is 0 Å². The number of rotatable bonds is 7. The fraction of sp³-hybridized carbons (Fsp3) is 0.909. The molecule has 22 heavy (non-hydrogen) atoms. The van der Waals surface area contributed by atoms with Crippen molar-refractivity contribution in [1.29, 1.82) is 0 Å². The second kappa shape index (κ2) is 6.53. The van der Waals surface area contributed by atoms with E-state index in [1.165, 1.54) is 13.8 Å². The Labute approximate surface area is 119 Å². The van der Waals surface area contributed by atoms with Crippen LogP contribution in [0.25, 0.3) is 0 Å². The minimum Gasteiger partial charge on any atom is -0.465 e. The van der Waals surface area contributed by atoms with Gasteiger partial charge in [-0.25, -0.2) is 0 Å². The number of carbonyl (C=O) groups excluding carboxylic acids is 1. The Kier molecular flexibility index (Phi) is 6.19. The summed E-state index contributed by atoms with van der Waals surface area (Å²) in [5.41, 5.74) is 0. The van der Waals surface area contributed by atoms with E-state index in [2.05, 4.69) is 4.74 Å². The van der Waals surface area contributed by atoms with Crippen LogP contribution < -0.4 is 0 Å². The van der Waals surface area contributed by atoms with E-state index >= 15 is 0 Å². The molecular formula is C11H13F9O2. The Morgan fingerprint density at radius 3 is 1.73 bits per heavy atom. The highest BCUT2D eigenvalue weighted by Crippen LogP contribution is 2.54. The summed E-state index contributed by atoms with van der Waals surface area (Å²) in [7, 11) is 0. The molecular weight excluding hydrogens is 335 g/mol. The Balaban J connectivity index is 4.82. The first kappa shape index (κ1) is 20.8. The van der Waals surface area contributed by atoms with Crippen LogP contribution in [0.15, 0.2) is 0 Å². The molecule has 0 bridgehead atoms. The van der Waals surface area contributed by atoms with Gasteiger partial charge in [0.1, 0.15) is 0 Å². The zero-order valence-electron chi connectivity index (χ0n) is 11.4. The first-order valence-electron chi connectivity index (χ1n) is 5.94. The fourth-order valence-electron chi connectivity index (χ4n) is 1.20. The quantitative estimate of drug-likeness (QED) is 0.386. The van der Waals surface area contributed by atoms with Crippen LogP contribution in [0, 0.1) is 5.92 Å². The summed E-state index contributed by atoms with van der Waals surface area (Å²) >= 11 is 0. The van der Waals surface area contributed by atoms with E-state index < -0.39 is 55.3 Å². The predicted octanol–water partition coefficient (Wildman–Crippen LogP) is 4.43. The van der Waals surface area contributed by atoms with Crippen LogP contribution in [0.2, 0.25) is 0 Å². The number of hydrogen-bond donors (Lipinski definition) is 0.